The first-order chi connectivity index (χ1) is 12.0. The molecular weight excluding hydrogens is 316 g/mol. The number of amides is 1. The Hall–Kier alpha value is -1.69. The molecule has 1 aromatic rings. The van der Waals surface area contributed by atoms with E-state index in [1.165, 1.54) is 31.0 Å². The first-order valence-electron chi connectivity index (χ1n) is 9.57. The molecule has 4 atom stereocenters. The van der Waals surface area contributed by atoms with Crippen LogP contribution in [-0.4, -0.2) is 46.2 Å². The second-order valence-corrected chi connectivity index (χ2v) is 8.01. The summed E-state index contributed by atoms with van der Waals surface area (Å²) in [5.74, 6) is 1.74. The van der Waals surface area contributed by atoms with Crippen LogP contribution in [0.3, 0.4) is 0 Å². The average Bonchev–Trinajstić information content (AvgIpc) is 2.97. The lowest BCUT2D eigenvalue weighted by Crippen LogP contribution is -2.48. The average molecular weight is 344 g/mol. The monoisotopic (exact) mass is 344 g/mol. The van der Waals surface area contributed by atoms with E-state index in [2.05, 4.69) is 17.1 Å². The zero-order chi connectivity index (χ0) is 17.6. The van der Waals surface area contributed by atoms with Gasteiger partial charge in [-0.1, -0.05) is 0 Å². The summed E-state index contributed by atoms with van der Waals surface area (Å²) >= 11 is 0. The molecule has 1 saturated carbocycles. The maximum atomic E-state index is 11.4. The Kier molecular flexibility index (Phi) is 4.40. The molecule has 4 rings (SSSR count). The normalized spacial score (nSPS) is 31.4. The topological polar surface area (TPSA) is 78.4 Å². The summed E-state index contributed by atoms with van der Waals surface area (Å²) in [7, 11) is 0. The Balaban J connectivity index is 1.51. The largest absolute Gasteiger partial charge is 0.391 e. The minimum atomic E-state index is -0.448. The van der Waals surface area contributed by atoms with Crippen molar-refractivity contribution in [2.75, 3.05) is 18.0 Å². The van der Waals surface area contributed by atoms with Crippen LogP contribution in [0.5, 0.6) is 0 Å². The molecule has 2 aliphatic carbocycles. The Morgan fingerprint density at radius 3 is 2.64 bits per heavy atom. The van der Waals surface area contributed by atoms with E-state index in [1.807, 2.05) is 0 Å². The van der Waals surface area contributed by atoms with Crippen molar-refractivity contribution in [3.05, 3.63) is 17.0 Å². The summed E-state index contributed by atoms with van der Waals surface area (Å²) < 4.78 is 0. The number of carbonyl (C=O) groups is 1. The molecule has 0 unspecified atom stereocenters. The van der Waals surface area contributed by atoms with E-state index >= 15 is 0 Å². The second-order valence-electron chi connectivity index (χ2n) is 8.01. The third kappa shape index (κ3) is 3.24. The van der Waals surface area contributed by atoms with Gasteiger partial charge in [-0.2, -0.15) is 0 Å². The van der Waals surface area contributed by atoms with Crippen molar-refractivity contribution in [2.45, 2.75) is 64.5 Å². The van der Waals surface area contributed by atoms with Gasteiger partial charge in [-0.15, -0.1) is 0 Å². The molecule has 0 aromatic carbocycles. The highest BCUT2D eigenvalue weighted by Gasteiger charge is 2.42. The van der Waals surface area contributed by atoms with Crippen LogP contribution in [0.4, 0.5) is 5.95 Å². The molecule has 3 aliphatic rings. The molecule has 1 aromatic heterocycles. The molecule has 6 nitrogen and oxygen atoms in total. The van der Waals surface area contributed by atoms with Crippen LogP contribution in [0, 0.1) is 18.8 Å². The SMILES string of the molecule is CC(=O)N[C@H]1C[C@H]2CN(c3nc(C)c4c(n3)CCCC4)C[C@H]2C[C@@H]1O. The third-order valence-corrected chi connectivity index (χ3v) is 6.19. The zero-order valence-corrected chi connectivity index (χ0v) is 15.2. The Labute approximate surface area is 149 Å². The Morgan fingerprint density at radius 2 is 1.88 bits per heavy atom. The lowest BCUT2D eigenvalue weighted by atomic mass is 9.77. The fourth-order valence-corrected chi connectivity index (χ4v) is 4.92. The van der Waals surface area contributed by atoms with Gasteiger partial charge in [-0.3, -0.25) is 4.79 Å². The molecule has 1 aliphatic heterocycles. The van der Waals surface area contributed by atoms with Gasteiger partial charge in [-0.25, -0.2) is 9.97 Å². The number of hydrogen-bond acceptors (Lipinski definition) is 5. The van der Waals surface area contributed by atoms with Crippen molar-refractivity contribution in [2.24, 2.45) is 11.8 Å². The standard InChI is InChI=1S/C19H28N4O2/c1-11-15-5-3-4-6-16(15)22-19(20-11)23-9-13-7-17(21-12(2)24)18(25)8-14(13)10-23/h13-14,17-18,25H,3-10H2,1-2H3,(H,21,24)/t13-,14+,17-,18-/m0/s1. The van der Waals surface area contributed by atoms with Gasteiger partial charge in [0.2, 0.25) is 11.9 Å². The lowest BCUT2D eigenvalue weighted by Gasteiger charge is -2.35. The van der Waals surface area contributed by atoms with E-state index in [4.69, 9.17) is 9.97 Å². The number of anilines is 1. The summed E-state index contributed by atoms with van der Waals surface area (Å²) in [6.45, 7) is 5.46. The highest BCUT2D eigenvalue weighted by Crippen LogP contribution is 2.38. The van der Waals surface area contributed by atoms with Crippen LogP contribution < -0.4 is 10.2 Å². The molecule has 2 heterocycles. The summed E-state index contributed by atoms with van der Waals surface area (Å²) in [6, 6.07) is -0.120. The third-order valence-electron chi connectivity index (χ3n) is 6.19. The number of fused-ring (bicyclic) bond motifs is 2. The van der Waals surface area contributed by atoms with Crippen LogP contribution in [0.25, 0.3) is 0 Å². The molecule has 0 bridgehead atoms. The van der Waals surface area contributed by atoms with Gasteiger partial charge in [0, 0.05) is 31.4 Å². The van der Waals surface area contributed by atoms with E-state index in [9.17, 15) is 9.90 Å². The number of hydrogen-bond donors (Lipinski definition) is 2. The molecule has 0 spiro atoms. The molecule has 1 amide bonds. The van der Waals surface area contributed by atoms with Crippen molar-refractivity contribution in [1.29, 1.82) is 0 Å². The van der Waals surface area contributed by atoms with E-state index in [-0.39, 0.29) is 11.9 Å². The fraction of sp³-hybridized carbons (Fsp3) is 0.737. The summed E-state index contributed by atoms with van der Waals surface area (Å²) in [6.07, 6.45) is 5.77. The first-order valence-corrected chi connectivity index (χ1v) is 9.57. The maximum Gasteiger partial charge on any atom is 0.225 e. The number of aryl methyl sites for hydroxylation is 2. The van der Waals surface area contributed by atoms with Crippen molar-refractivity contribution >= 4 is 11.9 Å². The van der Waals surface area contributed by atoms with Crippen LogP contribution in [0.1, 0.15) is 49.6 Å². The quantitative estimate of drug-likeness (QED) is 0.847. The van der Waals surface area contributed by atoms with Gasteiger partial charge in [0.25, 0.3) is 0 Å². The summed E-state index contributed by atoms with van der Waals surface area (Å²) in [5, 5.41) is 13.3. The molecule has 1 saturated heterocycles. The highest BCUT2D eigenvalue weighted by molar-refractivity contribution is 5.73. The molecule has 6 heteroatoms. The van der Waals surface area contributed by atoms with E-state index in [0.717, 1.165) is 50.4 Å². The number of nitrogens with one attached hydrogen (secondary N) is 1. The molecule has 0 radical (unpaired) electrons. The van der Waals surface area contributed by atoms with Gasteiger partial charge < -0.3 is 15.3 Å². The predicted octanol–water partition coefficient (Wildman–Crippen LogP) is 1.38. The minimum Gasteiger partial charge on any atom is -0.391 e. The highest BCUT2D eigenvalue weighted by atomic mass is 16.3. The van der Waals surface area contributed by atoms with E-state index in [1.54, 1.807) is 0 Å². The van der Waals surface area contributed by atoms with E-state index < -0.39 is 6.10 Å². The number of aliphatic hydroxyl groups excluding tert-OH is 1. The van der Waals surface area contributed by atoms with Crippen LogP contribution >= 0.6 is 0 Å². The molecule has 136 valence electrons. The minimum absolute atomic E-state index is 0.0639. The zero-order valence-electron chi connectivity index (χ0n) is 15.2. The van der Waals surface area contributed by atoms with Gasteiger partial charge in [0.05, 0.1) is 12.1 Å². The first kappa shape index (κ1) is 16.8. The van der Waals surface area contributed by atoms with Crippen molar-refractivity contribution in [3.8, 4) is 0 Å². The molecule has 2 N–H and O–H groups in total. The number of aromatic nitrogens is 2. The van der Waals surface area contributed by atoms with Crippen molar-refractivity contribution in [3.63, 3.8) is 0 Å². The number of nitrogens with zero attached hydrogens (tertiary/aromatic N) is 3. The van der Waals surface area contributed by atoms with Crippen LogP contribution in [-0.2, 0) is 17.6 Å². The molecule has 25 heavy (non-hydrogen) atoms. The number of rotatable bonds is 2. The smallest absolute Gasteiger partial charge is 0.225 e. The van der Waals surface area contributed by atoms with Gasteiger partial charge >= 0.3 is 0 Å². The van der Waals surface area contributed by atoms with Gasteiger partial charge in [0.15, 0.2) is 0 Å². The number of aliphatic hydroxyl groups is 1. The Morgan fingerprint density at radius 1 is 1.16 bits per heavy atom. The van der Waals surface area contributed by atoms with Gasteiger partial charge in [0.1, 0.15) is 0 Å². The van der Waals surface area contributed by atoms with Crippen LogP contribution in [0.2, 0.25) is 0 Å². The molecule has 2 fully saturated rings. The molecular formula is C19H28N4O2. The fourth-order valence-electron chi connectivity index (χ4n) is 4.92. The lowest BCUT2D eigenvalue weighted by molar-refractivity contribution is -0.121. The van der Waals surface area contributed by atoms with Crippen molar-refractivity contribution < 1.29 is 9.90 Å². The van der Waals surface area contributed by atoms with Gasteiger partial charge in [-0.05, 0) is 62.8 Å². The number of carbonyl (C=O) groups excluding carboxylic acids is 1. The van der Waals surface area contributed by atoms with Crippen LogP contribution in [0.15, 0.2) is 0 Å². The summed E-state index contributed by atoms with van der Waals surface area (Å²) in [4.78, 5) is 23.3. The maximum absolute atomic E-state index is 11.4. The second kappa shape index (κ2) is 6.56. The van der Waals surface area contributed by atoms with Crippen molar-refractivity contribution in [1.82, 2.24) is 15.3 Å². The Bertz CT molecular complexity index is 678. The predicted molar refractivity (Wildman–Crippen MR) is 95.4 cm³/mol. The summed E-state index contributed by atoms with van der Waals surface area (Å²) in [5.41, 5.74) is 3.72. The van der Waals surface area contributed by atoms with E-state index in [0.29, 0.717) is 11.8 Å².